The van der Waals surface area contributed by atoms with Crippen LogP contribution in [0, 0.1) is 13.8 Å². The highest BCUT2D eigenvalue weighted by Gasteiger charge is 2.34. The number of ether oxygens (including phenoxy) is 1. The average molecular weight is 613 g/mol. The Hall–Kier alpha value is -3.53. The average Bonchev–Trinajstić information content (AvgIpc) is 3.95. The molecule has 240 valence electrons. The number of aryl methyl sites for hydroxylation is 2. The highest BCUT2D eigenvalue weighted by atomic mass is 16.6. The van der Waals surface area contributed by atoms with E-state index in [1.807, 2.05) is 40.8 Å². The first-order valence-electron chi connectivity index (χ1n) is 17.1. The predicted octanol–water partition coefficient (Wildman–Crippen LogP) is 7.11. The molecule has 0 spiro atoms. The van der Waals surface area contributed by atoms with Gasteiger partial charge in [-0.3, -0.25) is 4.90 Å². The van der Waals surface area contributed by atoms with Crippen molar-refractivity contribution < 1.29 is 9.53 Å². The second-order valence-corrected chi connectivity index (χ2v) is 14.6. The van der Waals surface area contributed by atoms with Crippen molar-refractivity contribution in [3.63, 3.8) is 0 Å². The Morgan fingerprint density at radius 3 is 1.89 bits per heavy atom. The summed E-state index contributed by atoms with van der Waals surface area (Å²) >= 11 is 0. The zero-order valence-corrected chi connectivity index (χ0v) is 27.6. The van der Waals surface area contributed by atoms with Crippen LogP contribution in [0.1, 0.15) is 143 Å². The molecule has 4 aromatic rings. The van der Waals surface area contributed by atoms with Gasteiger partial charge in [-0.1, -0.05) is 6.42 Å². The molecule has 2 saturated carbocycles. The molecule has 10 nitrogen and oxygen atoms in total. The minimum atomic E-state index is -0.491. The van der Waals surface area contributed by atoms with Gasteiger partial charge in [0.2, 0.25) is 0 Å². The van der Waals surface area contributed by atoms with Crippen molar-refractivity contribution in [3.05, 3.63) is 58.4 Å². The predicted molar refractivity (Wildman–Crippen MR) is 174 cm³/mol. The van der Waals surface area contributed by atoms with Crippen LogP contribution in [0.25, 0.3) is 11.3 Å². The molecule has 10 heteroatoms. The number of carbonyl (C=O) groups is 1. The van der Waals surface area contributed by atoms with Gasteiger partial charge in [0.1, 0.15) is 5.60 Å². The van der Waals surface area contributed by atoms with Gasteiger partial charge in [-0.25, -0.2) is 23.8 Å². The third-order valence-electron chi connectivity index (χ3n) is 9.42. The van der Waals surface area contributed by atoms with E-state index in [0.717, 1.165) is 54.2 Å². The zero-order chi connectivity index (χ0) is 31.3. The van der Waals surface area contributed by atoms with E-state index in [-0.39, 0.29) is 12.1 Å². The SMILES string of the molecule is Cc1cc(C2CC2)nc2cc([C@@H]3CCCCN3)nn12.Cc1cc(C2CC2)nc2cc([C@@H]3CCCCN3C(=O)OC(C)(C)C)nn12. The molecule has 0 bridgehead atoms. The van der Waals surface area contributed by atoms with Gasteiger partial charge in [0.05, 0.1) is 23.5 Å². The summed E-state index contributed by atoms with van der Waals surface area (Å²) in [6, 6.07) is 8.95. The number of hydrogen-bond acceptors (Lipinski definition) is 7. The largest absolute Gasteiger partial charge is 0.444 e. The van der Waals surface area contributed by atoms with Crippen molar-refractivity contribution in [1.29, 1.82) is 0 Å². The van der Waals surface area contributed by atoms with Gasteiger partial charge >= 0.3 is 6.09 Å². The molecule has 4 fully saturated rings. The van der Waals surface area contributed by atoms with Gasteiger partial charge < -0.3 is 10.1 Å². The highest BCUT2D eigenvalue weighted by Crippen LogP contribution is 2.40. The Morgan fingerprint density at radius 1 is 0.756 bits per heavy atom. The first-order valence-corrected chi connectivity index (χ1v) is 17.1. The lowest BCUT2D eigenvalue weighted by molar-refractivity contribution is 0.00897. The molecular weight excluding hydrogens is 564 g/mol. The maximum absolute atomic E-state index is 12.7. The summed E-state index contributed by atoms with van der Waals surface area (Å²) in [4.78, 5) is 24.1. The topological polar surface area (TPSA) is 102 Å². The smallest absolute Gasteiger partial charge is 0.410 e. The van der Waals surface area contributed by atoms with Gasteiger partial charge in [-0.15, -0.1) is 0 Å². The van der Waals surface area contributed by atoms with E-state index in [1.54, 1.807) is 0 Å². The summed E-state index contributed by atoms with van der Waals surface area (Å²) in [6.45, 7) is 11.7. The van der Waals surface area contributed by atoms with Crippen LogP contribution >= 0.6 is 0 Å². The Balaban J connectivity index is 0.000000151. The van der Waals surface area contributed by atoms with Crippen LogP contribution < -0.4 is 5.32 Å². The van der Waals surface area contributed by atoms with Gasteiger partial charge in [-0.2, -0.15) is 10.2 Å². The number of rotatable bonds is 4. The number of hydrogen-bond donors (Lipinski definition) is 1. The van der Waals surface area contributed by atoms with E-state index in [2.05, 4.69) is 37.4 Å². The Labute approximate surface area is 266 Å². The molecule has 8 rings (SSSR count). The molecule has 0 radical (unpaired) electrons. The number of piperidine rings is 2. The standard InChI is InChI=1S/C20H28N4O2.C15H20N4/c1-13-11-15(14-8-9-14)21-18-12-16(22-24(13)18)17-7-5-6-10-23(17)19(25)26-20(2,3)4;1-10-8-13(11-5-6-11)17-15-9-14(18-19(10)15)12-4-2-3-7-16-12/h11-12,14,17H,5-10H2,1-4H3;8-9,11-12,16H,2-7H2,1H3/t17-;12-/m00/s1. The summed E-state index contributed by atoms with van der Waals surface area (Å²) < 4.78 is 9.53. The lowest BCUT2D eigenvalue weighted by Crippen LogP contribution is -2.42. The van der Waals surface area contributed by atoms with Crippen molar-refractivity contribution in [2.75, 3.05) is 13.1 Å². The molecule has 2 aliphatic carbocycles. The molecule has 4 aromatic heterocycles. The fraction of sp³-hybridized carbons (Fsp3) is 0.629. The van der Waals surface area contributed by atoms with E-state index in [4.69, 9.17) is 24.9 Å². The summed E-state index contributed by atoms with van der Waals surface area (Å²) in [7, 11) is 0. The summed E-state index contributed by atoms with van der Waals surface area (Å²) in [5.41, 5.74) is 8.22. The van der Waals surface area contributed by atoms with Gasteiger partial charge in [0.15, 0.2) is 11.3 Å². The quantitative estimate of drug-likeness (QED) is 0.262. The number of nitrogens with zero attached hydrogens (tertiary/aromatic N) is 7. The van der Waals surface area contributed by atoms with E-state index in [0.29, 0.717) is 24.4 Å². The second kappa shape index (κ2) is 12.0. The van der Waals surface area contributed by atoms with Gasteiger partial charge in [-0.05, 0) is 111 Å². The van der Waals surface area contributed by atoms with Crippen molar-refractivity contribution >= 4 is 17.4 Å². The molecule has 2 atom stereocenters. The van der Waals surface area contributed by atoms with Crippen LogP contribution in [0.5, 0.6) is 0 Å². The molecule has 0 unspecified atom stereocenters. The van der Waals surface area contributed by atoms with Gasteiger partial charge in [0.25, 0.3) is 0 Å². The molecular formula is C35H48N8O2. The number of fused-ring (bicyclic) bond motifs is 2. The fourth-order valence-electron chi connectivity index (χ4n) is 6.73. The summed E-state index contributed by atoms with van der Waals surface area (Å²) in [5, 5.41) is 13.1. The minimum Gasteiger partial charge on any atom is -0.444 e. The number of aromatic nitrogens is 6. The van der Waals surface area contributed by atoms with E-state index in [1.165, 1.54) is 62.0 Å². The fourth-order valence-corrected chi connectivity index (χ4v) is 6.73. The molecule has 0 aromatic carbocycles. The Kier molecular flexibility index (Phi) is 8.04. The maximum atomic E-state index is 12.7. The van der Waals surface area contributed by atoms with E-state index < -0.39 is 5.60 Å². The zero-order valence-electron chi connectivity index (χ0n) is 27.6. The minimum absolute atomic E-state index is 0.0379. The van der Waals surface area contributed by atoms with Crippen LogP contribution in [-0.4, -0.2) is 58.9 Å². The molecule has 1 N–H and O–H groups in total. The first kappa shape index (κ1) is 30.1. The van der Waals surface area contributed by atoms with Crippen molar-refractivity contribution in [3.8, 4) is 0 Å². The highest BCUT2D eigenvalue weighted by molar-refractivity contribution is 5.69. The normalized spacial score (nSPS) is 22.4. The molecule has 2 saturated heterocycles. The monoisotopic (exact) mass is 612 g/mol. The number of likely N-dealkylation sites (tertiary alicyclic amines) is 1. The number of carbonyl (C=O) groups excluding carboxylic acids is 1. The lowest BCUT2D eigenvalue weighted by Gasteiger charge is -2.35. The van der Waals surface area contributed by atoms with Crippen LogP contribution in [-0.2, 0) is 4.74 Å². The second-order valence-electron chi connectivity index (χ2n) is 14.6. The van der Waals surface area contributed by atoms with Crippen LogP contribution in [0.3, 0.4) is 0 Å². The number of amides is 1. The maximum Gasteiger partial charge on any atom is 0.410 e. The Morgan fingerprint density at radius 2 is 1.33 bits per heavy atom. The first-order chi connectivity index (χ1) is 21.6. The lowest BCUT2D eigenvalue weighted by atomic mass is 10.00. The van der Waals surface area contributed by atoms with E-state index >= 15 is 0 Å². The van der Waals surface area contributed by atoms with Crippen LogP contribution in [0.2, 0.25) is 0 Å². The van der Waals surface area contributed by atoms with Gasteiger partial charge in [0, 0.05) is 53.3 Å². The third-order valence-corrected chi connectivity index (χ3v) is 9.42. The Bertz CT molecular complexity index is 1690. The number of nitrogens with one attached hydrogen (secondary N) is 1. The molecule has 2 aliphatic heterocycles. The molecule has 4 aliphatic rings. The third kappa shape index (κ3) is 6.71. The molecule has 6 heterocycles. The van der Waals surface area contributed by atoms with Crippen LogP contribution in [0.4, 0.5) is 4.79 Å². The summed E-state index contributed by atoms with van der Waals surface area (Å²) in [5.74, 6) is 1.32. The van der Waals surface area contributed by atoms with Crippen molar-refractivity contribution in [1.82, 2.24) is 39.4 Å². The summed E-state index contributed by atoms with van der Waals surface area (Å²) in [6.07, 6.45) is 11.6. The van der Waals surface area contributed by atoms with E-state index in [9.17, 15) is 4.79 Å². The van der Waals surface area contributed by atoms with Crippen molar-refractivity contribution in [2.45, 2.75) is 128 Å². The van der Waals surface area contributed by atoms with Crippen molar-refractivity contribution in [2.24, 2.45) is 0 Å². The van der Waals surface area contributed by atoms with Crippen LogP contribution in [0.15, 0.2) is 24.3 Å². The molecule has 45 heavy (non-hydrogen) atoms. The molecule has 1 amide bonds.